The fraction of sp³-hybridized carbons (Fsp3) is 0.667. The zero-order valence-corrected chi connectivity index (χ0v) is 26.5. The lowest BCUT2D eigenvalue weighted by Crippen LogP contribution is -2.53. The van der Waals surface area contributed by atoms with Crippen molar-refractivity contribution >= 4 is 49.7 Å². The molecule has 2 rings (SSSR count). The Labute approximate surface area is 262 Å². The number of aldehydes is 1. The Bertz CT molecular complexity index is 1300. The van der Waals surface area contributed by atoms with Gasteiger partial charge in [0.2, 0.25) is 12.3 Å². The van der Waals surface area contributed by atoms with E-state index >= 15 is 0 Å². The average molecular weight is 683 g/mol. The maximum absolute atomic E-state index is 13.9. The predicted octanol–water partition coefficient (Wildman–Crippen LogP) is -2.71. The van der Waals surface area contributed by atoms with Crippen LogP contribution in [-0.4, -0.2) is 130 Å². The van der Waals surface area contributed by atoms with Crippen molar-refractivity contribution in [2.75, 3.05) is 43.2 Å². The number of carbonyl (C=O) groups is 4. The van der Waals surface area contributed by atoms with Gasteiger partial charge in [-0.3, -0.25) is 18.6 Å². The predicted molar refractivity (Wildman–Crippen MR) is 157 cm³/mol. The van der Waals surface area contributed by atoms with Crippen LogP contribution in [0.1, 0.15) is 27.2 Å². The highest BCUT2D eigenvalue weighted by molar-refractivity contribution is 7.47. The van der Waals surface area contributed by atoms with E-state index in [1.54, 1.807) is 13.8 Å². The fourth-order valence-corrected chi connectivity index (χ4v) is 5.43. The summed E-state index contributed by atoms with van der Waals surface area (Å²) in [6.45, 7) is 3.11. The molecule has 2 heterocycles. The SMILES string of the molecule is CNc1c(N)nc(F)nc1N(C)C1OC(COP(=O)(O)OC(C)C(NC(=O)CNC(C)(C)CC(C=O)NC=O)C(=O)O)C(O)C1O. The summed E-state index contributed by atoms with van der Waals surface area (Å²) in [6, 6.07) is -2.66. The lowest BCUT2D eigenvalue weighted by Gasteiger charge is -2.29. The molecule has 1 aliphatic rings. The molecule has 1 fully saturated rings. The van der Waals surface area contributed by atoms with E-state index in [4.69, 9.17) is 19.5 Å². The Morgan fingerprint density at radius 1 is 1.26 bits per heavy atom. The van der Waals surface area contributed by atoms with Crippen molar-refractivity contribution in [3.05, 3.63) is 6.08 Å². The summed E-state index contributed by atoms with van der Waals surface area (Å²) >= 11 is 0. The number of rotatable bonds is 19. The Kier molecular flexibility index (Phi) is 13.7. The minimum Gasteiger partial charge on any atom is -0.480 e. The number of carboxylic acid groups (broad SMARTS) is 1. The molecule has 1 aromatic heterocycles. The van der Waals surface area contributed by atoms with E-state index in [9.17, 15) is 48.3 Å². The molecule has 1 aromatic rings. The summed E-state index contributed by atoms with van der Waals surface area (Å²) in [5.41, 5.74) is 4.95. The highest BCUT2D eigenvalue weighted by Crippen LogP contribution is 2.46. The van der Waals surface area contributed by atoms with E-state index in [0.29, 0.717) is 12.7 Å². The number of hydrogen-bond donors (Lipinski definition) is 9. The van der Waals surface area contributed by atoms with E-state index in [2.05, 4.69) is 31.2 Å². The molecule has 46 heavy (non-hydrogen) atoms. The summed E-state index contributed by atoms with van der Waals surface area (Å²) in [7, 11) is -2.26. The lowest BCUT2D eigenvalue weighted by molar-refractivity contribution is -0.144. The molecule has 1 aliphatic heterocycles. The first-order valence-electron chi connectivity index (χ1n) is 13.7. The van der Waals surface area contributed by atoms with Crippen LogP contribution in [0.2, 0.25) is 0 Å². The van der Waals surface area contributed by atoms with Crippen molar-refractivity contribution < 1.29 is 62.1 Å². The number of nitrogens with one attached hydrogen (secondary N) is 4. The van der Waals surface area contributed by atoms with Gasteiger partial charge in [0.25, 0.3) is 0 Å². The number of nitrogens with zero attached hydrogens (tertiary/aromatic N) is 3. The minimum absolute atomic E-state index is 0.0918. The van der Waals surface area contributed by atoms with Crippen LogP contribution >= 0.6 is 7.82 Å². The molecule has 1 saturated heterocycles. The maximum Gasteiger partial charge on any atom is 0.472 e. The number of hydrogen-bond acceptors (Lipinski definition) is 16. The number of aliphatic carboxylic acids is 1. The Balaban J connectivity index is 1.99. The van der Waals surface area contributed by atoms with Crippen LogP contribution < -0.4 is 31.9 Å². The van der Waals surface area contributed by atoms with Crippen molar-refractivity contribution in [3.63, 3.8) is 0 Å². The second kappa shape index (κ2) is 16.3. The second-order valence-corrected chi connectivity index (χ2v) is 12.3. The van der Waals surface area contributed by atoms with Crippen LogP contribution in [0.4, 0.5) is 21.7 Å². The molecular formula is C24H40FN8O12P. The van der Waals surface area contributed by atoms with Gasteiger partial charge in [-0.25, -0.2) is 9.36 Å². The first kappa shape index (κ1) is 38.6. The van der Waals surface area contributed by atoms with Gasteiger partial charge in [0.05, 0.1) is 25.3 Å². The van der Waals surface area contributed by atoms with E-state index in [1.165, 1.54) is 14.1 Å². The van der Waals surface area contributed by atoms with Gasteiger partial charge in [0, 0.05) is 19.6 Å². The van der Waals surface area contributed by atoms with Gasteiger partial charge in [-0.2, -0.15) is 14.4 Å². The van der Waals surface area contributed by atoms with Crippen molar-refractivity contribution in [3.8, 4) is 0 Å². The van der Waals surface area contributed by atoms with Gasteiger partial charge in [0.15, 0.2) is 23.9 Å². The van der Waals surface area contributed by atoms with Crippen molar-refractivity contribution in [1.82, 2.24) is 25.9 Å². The monoisotopic (exact) mass is 682 g/mol. The third-order valence-corrected chi connectivity index (χ3v) is 7.93. The number of aliphatic hydroxyl groups excluding tert-OH is 2. The standard InChI is InChI=1S/C24H40FN8O12P/c1-11(15(22(39)40)30-14(36)7-29-24(2,3)6-12(8-34)28-10-35)45-46(41,42)43-9-13-17(37)18(38)21(44-13)33(5)20-16(27-4)19(26)31-23(25)32-20/h8,10-13,15,17-18,21,27,29,37-38H,6-7,9H2,1-5H3,(H,28,35)(H,30,36)(H,39,40)(H,41,42)(H2,26,31,32). The highest BCUT2D eigenvalue weighted by atomic mass is 31.2. The number of nitrogen functional groups attached to an aromatic ring is 1. The second-order valence-electron chi connectivity index (χ2n) is 10.9. The van der Waals surface area contributed by atoms with E-state index < -0.39 is 87.2 Å². The van der Waals surface area contributed by atoms with Crippen LogP contribution in [-0.2, 0) is 37.5 Å². The van der Waals surface area contributed by atoms with Crippen LogP contribution in [0.5, 0.6) is 0 Å². The number of anilines is 3. The van der Waals surface area contributed by atoms with Gasteiger partial charge >= 0.3 is 19.9 Å². The molecule has 0 aliphatic carbocycles. The first-order chi connectivity index (χ1) is 21.4. The highest BCUT2D eigenvalue weighted by Gasteiger charge is 2.47. The molecule has 2 amide bonds. The number of nitrogens with two attached hydrogens (primary N) is 1. The number of amides is 2. The summed E-state index contributed by atoms with van der Waals surface area (Å²) in [6.07, 6.45) is -7.93. The van der Waals surface area contributed by atoms with Gasteiger partial charge in [-0.05, 0) is 27.2 Å². The van der Waals surface area contributed by atoms with Gasteiger partial charge in [-0.15, -0.1) is 0 Å². The van der Waals surface area contributed by atoms with Crippen molar-refractivity contribution in [2.24, 2.45) is 0 Å². The zero-order valence-electron chi connectivity index (χ0n) is 25.6. The molecule has 260 valence electrons. The summed E-state index contributed by atoms with van der Waals surface area (Å²) in [5, 5.41) is 40.6. The van der Waals surface area contributed by atoms with Crippen LogP contribution in [0.3, 0.4) is 0 Å². The fourth-order valence-electron chi connectivity index (χ4n) is 4.49. The zero-order chi connectivity index (χ0) is 35.0. The third kappa shape index (κ3) is 10.5. The number of ether oxygens (including phenoxy) is 1. The summed E-state index contributed by atoms with van der Waals surface area (Å²) in [4.78, 5) is 64.5. The molecule has 0 saturated carbocycles. The number of aliphatic hydroxyl groups is 2. The topological polar surface area (TPSA) is 297 Å². The van der Waals surface area contributed by atoms with E-state index in [0.717, 1.165) is 11.8 Å². The maximum atomic E-state index is 13.9. The summed E-state index contributed by atoms with van der Waals surface area (Å²) in [5.74, 6) is -2.82. The third-order valence-electron chi connectivity index (χ3n) is 6.85. The molecule has 22 heteroatoms. The van der Waals surface area contributed by atoms with Crippen molar-refractivity contribution in [2.45, 2.75) is 75.5 Å². The normalized spacial score (nSPS) is 23.0. The molecule has 0 radical (unpaired) electrons. The summed E-state index contributed by atoms with van der Waals surface area (Å²) < 4.78 is 41.9. The first-order valence-corrected chi connectivity index (χ1v) is 15.2. The van der Waals surface area contributed by atoms with Crippen molar-refractivity contribution in [1.29, 1.82) is 0 Å². The van der Waals surface area contributed by atoms with E-state index in [1.807, 2.05) is 0 Å². The molecule has 8 unspecified atom stereocenters. The number of phosphoric acid groups is 1. The quantitative estimate of drug-likeness (QED) is 0.0407. The number of carboxylic acids is 1. The Hall–Kier alpha value is -3.56. The molecule has 8 atom stereocenters. The largest absolute Gasteiger partial charge is 0.480 e. The number of halogens is 1. The Morgan fingerprint density at radius 3 is 2.48 bits per heavy atom. The van der Waals surface area contributed by atoms with Gasteiger partial charge < -0.3 is 61.6 Å². The Morgan fingerprint density at radius 2 is 1.91 bits per heavy atom. The lowest BCUT2D eigenvalue weighted by atomic mass is 9.95. The van der Waals surface area contributed by atoms with Crippen LogP contribution in [0.15, 0.2) is 0 Å². The molecule has 10 N–H and O–H groups in total. The average Bonchev–Trinajstić information content (AvgIpc) is 3.25. The van der Waals surface area contributed by atoms with Crippen LogP contribution in [0, 0.1) is 6.08 Å². The molecular weight excluding hydrogens is 642 g/mol. The molecule has 0 aromatic carbocycles. The number of likely N-dealkylation sites (N-methyl/N-ethyl adjacent to an activating group) is 1. The number of phosphoric ester groups is 1. The molecule has 20 nitrogen and oxygen atoms in total. The molecule has 0 spiro atoms. The smallest absolute Gasteiger partial charge is 0.472 e. The molecule has 0 bridgehead atoms. The number of carbonyl (C=O) groups excluding carboxylic acids is 3. The minimum atomic E-state index is -5.06. The number of aromatic nitrogens is 2. The van der Waals surface area contributed by atoms with E-state index in [-0.39, 0.29) is 23.7 Å². The van der Waals surface area contributed by atoms with Crippen LogP contribution in [0.25, 0.3) is 0 Å². The van der Waals surface area contributed by atoms with Gasteiger partial charge in [-0.1, -0.05) is 0 Å². The van der Waals surface area contributed by atoms with Gasteiger partial charge in [0.1, 0.15) is 30.3 Å².